The van der Waals surface area contributed by atoms with Crippen molar-refractivity contribution in [1.29, 1.82) is 5.26 Å². The first kappa shape index (κ1) is 13.5. The Morgan fingerprint density at radius 2 is 1.94 bits per heavy atom. The first-order chi connectivity index (χ1) is 7.34. The molecule has 0 amide bonds. The molecule has 1 aliphatic rings. The van der Waals surface area contributed by atoms with Crippen LogP contribution in [0.4, 0.5) is 0 Å². The van der Waals surface area contributed by atoms with Crippen LogP contribution in [0.5, 0.6) is 0 Å². The highest BCUT2D eigenvalue weighted by Gasteiger charge is 2.29. The van der Waals surface area contributed by atoms with Gasteiger partial charge in [-0.25, -0.2) is 0 Å². The lowest BCUT2D eigenvalue weighted by molar-refractivity contribution is 0.0923. The zero-order chi connectivity index (χ0) is 12.3. The molecule has 4 atom stereocenters. The average molecular weight is 223 g/mol. The predicted molar refractivity (Wildman–Crippen MR) is 66.8 cm³/mol. The van der Waals surface area contributed by atoms with E-state index in [0.29, 0.717) is 6.04 Å². The van der Waals surface area contributed by atoms with Crippen LogP contribution in [0.3, 0.4) is 0 Å². The van der Waals surface area contributed by atoms with E-state index < -0.39 is 5.54 Å². The summed E-state index contributed by atoms with van der Waals surface area (Å²) in [6.07, 6.45) is 2.07. The molecule has 0 aromatic heterocycles. The van der Waals surface area contributed by atoms with Crippen LogP contribution in [0.2, 0.25) is 0 Å². The van der Waals surface area contributed by atoms with Crippen LogP contribution >= 0.6 is 0 Å². The van der Waals surface area contributed by atoms with Crippen molar-refractivity contribution in [2.75, 3.05) is 13.1 Å². The lowest BCUT2D eigenvalue weighted by Crippen LogP contribution is -2.48. The Kier molecular flexibility index (Phi) is 4.35. The van der Waals surface area contributed by atoms with Gasteiger partial charge in [-0.05, 0) is 38.5 Å². The number of hydrogen-bond donors (Lipinski definition) is 1. The molecule has 3 nitrogen and oxygen atoms in total. The second kappa shape index (κ2) is 5.16. The molecule has 2 N–H and O–H groups in total. The fraction of sp³-hybridized carbons (Fsp3) is 0.923. The molecular weight excluding hydrogens is 198 g/mol. The number of nitrogens with two attached hydrogens (primary N) is 1. The smallest absolute Gasteiger partial charge is 0.102 e. The van der Waals surface area contributed by atoms with E-state index >= 15 is 0 Å². The van der Waals surface area contributed by atoms with Crippen LogP contribution in [0.15, 0.2) is 0 Å². The van der Waals surface area contributed by atoms with Crippen molar-refractivity contribution in [2.45, 2.75) is 52.1 Å². The summed E-state index contributed by atoms with van der Waals surface area (Å²) in [6, 6.07) is 2.59. The summed E-state index contributed by atoms with van der Waals surface area (Å²) in [5.74, 6) is 1.52. The molecule has 3 heteroatoms. The maximum Gasteiger partial charge on any atom is 0.102 e. The summed E-state index contributed by atoms with van der Waals surface area (Å²) in [7, 11) is 0. The van der Waals surface area contributed by atoms with Gasteiger partial charge in [0, 0.05) is 19.1 Å². The van der Waals surface area contributed by atoms with Crippen LogP contribution in [0.25, 0.3) is 0 Å². The first-order valence-electron chi connectivity index (χ1n) is 6.28. The summed E-state index contributed by atoms with van der Waals surface area (Å²) in [5.41, 5.74) is 5.21. The Morgan fingerprint density at radius 1 is 1.44 bits per heavy atom. The molecule has 1 heterocycles. The average Bonchev–Trinajstić information content (AvgIpc) is 2.15. The van der Waals surface area contributed by atoms with Gasteiger partial charge in [0.2, 0.25) is 0 Å². The largest absolute Gasteiger partial charge is 0.314 e. The number of likely N-dealkylation sites (tertiary alicyclic amines) is 1. The fourth-order valence-electron chi connectivity index (χ4n) is 2.86. The number of rotatable bonds is 3. The van der Waals surface area contributed by atoms with Gasteiger partial charge < -0.3 is 10.6 Å². The van der Waals surface area contributed by atoms with E-state index in [0.717, 1.165) is 31.3 Å². The van der Waals surface area contributed by atoms with Crippen molar-refractivity contribution in [3.63, 3.8) is 0 Å². The van der Waals surface area contributed by atoms with E-state index in [2.05, 4.69) is 31.7 Å². The van der Waals surface area contributed by atoms with Gasteiger partial charge in [0.15, 0.2) is 0 Å². The Morgan fingerprint density at radius 3 is 2.38 bits per heavy atom. The predicted octanol–water partition coefficient (Wildman–Crippen LogP) is 1.98. The second-order valence-electron chi connectivity index (χ2n) is 5.98. The normalized spacial score (nSPS) is 32.8. The van der Waals surface area contributed by atoms with Gasteiger partial charge in [-0.15, -0.1) is 0 Å². The molecule has 0 aromatic carbocycles. The molecule has 4 unspecified atom stereocenters. The molecule has 16 heavy (non-hydrogen) atoms. The quantitative estimate of drug-likeness (QED) is 0.796. The maximum atomic E-state index is 8.95. The highest BCUT2D eigenvalue weighted by atomic mass is 15.2. The summed E-state index contributed by atoms with van der Waals surface area (Å²) in [4.78, 5) is 2.49. The number of nitrogens with zero attached hydrogens (tertiary/aromatic N) is 2. The SMILES string of the molecule is CC1CC(C)CN(C(C)CC(C)(N)C#N)C1. The second-order valence-corrected chi connectivity index (χ2v) is 5.98. The third-order valence-electron chi connectivity index (χ3n) is 3.50. The standard InChI is InChI=1S/C13H25N3/c1-10-5-11(2)8-16(7-10)12(3)6-13(4,15)9-14/h10-12H,5-8,15H2,1-4H3. The molecule has 0 radical (unpaired) electrons. The van der Waals surface area contributed by atoms with Crippen molar-refractivity contribution in [2.24, 2.45) is 17.6 Å². The third kappa shape index (κ3) is 3.77. The van der Waals surface area contributed by atoms with Crippen LogP contribution in [-0.4, -0.2) is 29.6 Å². The Hall–Kier alpha value is -0.590. The first-order valence-corrected chi connectivity index (χ1v) is 6.28. The topological polar surface area (TPSA) is 53.0 Å². The van der Waals surface area contributed by atoms with Gasteiger partial charge >= 0.3 is 0 Å². The van der Waals surface area contributed by atoms with E-state index in [-0.39, 0.29) is 0 Å². The fourth-order valence-corrected chi connectivity index (χ4v) is 2.86. The van der Waals surface area contributed by atoms with Crippen molar-refractivity contribution >= 4 is 0 Å². The van der Waals surface area contributed by atoms with Crippen LogP contribution in [-0.2, 0) is 0 Å². The number of nitriles is 1. The summed E-state index contributed by atoms with van der Waals surface area (Å²) in [5, 5.41) is 8.95. The van der Waals surface area contributed by atoms with Gasteiger partial charge in [-0.2, -0.15) is 5.26 Å². The Bertz CT molecular complexity index is 257. The van der Waals surface area contributed by atoms with E-state index in [9.17, 15) is 0 Å². The van der Waals surface area contributed by atoms with E-state index in [1.165, 1.54) is 6.42 Å². The third-order valence-corrected chi connectivity index (χ3v) is 3.50. The van der Waals surface area contributed by atoms with Crippen LogP contribution < -0.4 is 5.73 Å². The zero-order valence-electron chi connectivity index (χ0n) is 11.0. The lowest BCUT2D eigenvalue weighted by atomic mass is 9.88. The highest BCUT2D eigenvalue weighted by Crippen LogP contribution is 2.24. The van der Waals surface area contributed by atoms with Crippen molar-refractivity contribution in [3.05, 3.63) is 0 Å². The molecule has 1 aliphatic heterocycles. The minimum atomic E-state index is -0.691. The van der Waals surface area contributed by atoms with Crippen molar-refractivity contribution in [3.8, 4) is 6.07 Å². The molecule has 1 rings (SSSR count). The zero-order valence-corrected chi connectivity index (χ0v) is 11.0. The van der Waals surface area contributed by atoms with Gasteiger partial charge in [-0.3, -0.25) is 0 Å². The number of hydrogen-bond acceptors (Lipinski definition) is 3. The Balaban J connectivity index is 2.54. The minimum absolute atomic E-state index is 0.403. The van der Waals surface area contributed by atoms with Gasteiger partial charge in [-0.1, -0.05) is 13.8 Å². The van der Waals surface area contributed by atoms with Gasteiger partial charge in [0.25, 0.3) is 0 Å². The molecule has 1 saturated heterocycles. The Labute approximate surface area is 99.6 Å². The summed E-state index contributed by atoms with van der Waals surface area (Å²) >= 11 is 0. The lowest BCUT2D eigenvalue weighted by Gasteiger charge is -2.40. The molecule has 0 aromatic rings. The van der Waals surface area contributed by atoms with Crippen LogP contribution in [0.1, 0.15) is 40.5 Å². The molecule has 92 valence electrons. The van der Waals surface area contributed by atoms with E-state index in [1.807, 2.05) is 6.92 Å². The monoisotopic (exact) mass is 223 g/mol. The summed E-state index contributed by atoms with van der Waals surface area (Å²) < 4.78 is 0. The maximum absolute atomic E-state index is 8.95. The van der Waals surface area contributed by atoms with E-state index in [4.69, 9.17) is 11.0 Å². The van der Waals surface area contributed by atoms with E-state index in [1.54, 1.807) is 0 Å². The molecule has 0 spiro atoms. The van der Waals surface area contributed by atoms with Gasteiger partial charge in [0.05, 0.1) is 6.07 Å². The molecule has 0 bridgehead atoms. The van der Waals surface area contributed by atoms with Crippen molar-refractivity contribution in [1.82, 2.24) is 4.90 Å². The number of piperidine rings is 1. The summed E-state index contributed by atoms with van der Waals surface area (Å²) in [6.45, 7) is 10.9. The highest BCUT2D eigenvalue weighted by molar-refractivity contribution is 5.03. The van der Waals surface area contributed by atoms with Crippen molar-refractivity contribution < 1.29 is 0 Å². The molecule has 0 aliphatic carbocycles. The molecular formula is C13H25N3. The van der Waals surface area contributed by atoms with Gasteiger partial charge in [0.1, 0.15) is 5.54 Å². The molecule has 1 fully saturated rings. The molecule has 0 saturated carbocycles. The van der Waals surface area contributed by atoms with Crippen LogP contribution in [0, 0.1) is 23.2 Å². The minimum Gasteiger partial charge on any atom is -0.314 e.